The van der Waals surface area contributed by atoms with Crippen LogP contribution in [0.4, 0.5) is 17.2 Å². The van der Waals surface area contributed by atoms with Crippen LogP contribution in [0.3, 0.4) is 0 Å². The van der Waals surface area contributed by atoms with E-state index in [1.807, 2.05) is 42.0 Å². The van der Waals surface area contributed by atoms with Crippen molar-refractivity contribution < 1.29 is 10.1 Å². The second-order valence-corrected chi connectivity index (χ2v) is 6.88. The number of rotatable bonds is 6. The first-order valence-corrected chi connectivity index (χ1v) is 9.20. The highest BCUT2D eigenvalue weighted by Gasteiger charge is 2.20. The molecule has 0 unspecified atom stereocenters. The molecule has 134 valence electrons. The summed E-state index contributed by atoms with van der Waals surface area (Å²) in [7, 11) is 3.48. The summed E-state index contributed by atoms with van der Waals surface area (Å²) in [6.45, 7) is 1.72. The molecule has 3 aromatic rings. The topological polar surface area (TPSA) is 87.5 Å². The van der Waals surface area contributed by atoms with E-state index in [-0.39, 0.29) is 0 Å². The maximum absolute atomic E-state index is 8.10. The molecule has 2 aromatic heterocycles. The molecule has 0 aliphatic carbocycles. The molecule has 0 saturated heterocycles. The average molecular weight is 389 g/mol. The number of thiophene rings is 1. The van der Waals surface area contributed by atoms with Crippen LogP contribution in [0.25, 0.3) is 10.7 Å². The summed E-state index contributed by atoms with van der Waals surface area (Å²) >= 11 is 7.67. The summed E-state index contributed by atoms with van der Waals surface area (Å²) in [5.74, 6) is 1.81. The predicted molar refractivity (Wildman–Crippen MR) is 107 cm³/mol. The molecule has 6 nitrogen and oxygen atoms in total. The molecule has 0 amide bonds. The Kier molecular flexibility index (Phi) is 5.51. The molecule has 8 heteroatoms. The van der Waals surface area contributed by atoms with E-state index in [0.717, 1.165) is 16.3 Å². The van der Waals surface area contributed by atoms with Crippen LogP contribution < -0.4 is 15.4 Å². The van der Waals surface area contributed by atoms with E-state index in [4.69, 9.17) is 21.7 Å². The van der Waals surface area contributed by atoms with Gasteiger partial charge in [-0.3, -0.25) is 0 Å². The molecule has 0 atom stereocenters. The zero-order valence-corrected chi connectivity index (χ0v) is 16.2. The highest BCUT2D eigenvalue weighted by atomic mass is 35.5. The Hall–Kier alpha value is -2.48. The highest BCUT2D eigenvalue weighted by molar-refractivity contribution is 7.13. The molecule has 26 heavy (non-hydrogen) atoms. The lowest BCUT2D eigenvalue weighted by atomic mass is 10.2. The van der Waals surface area contributed by atoms with Gasteiger partial charge in [-0.15, -0.1) is 11.3 Å². The Morgan fingerprint density at radius 2 is 2.12 bits per heavy atom. The van der Waals surface area contributed by atoms with Crippen molar-refractivity contribution >= 4 is 45.8 Å². The first-order valence-electron chi connectivity index (χ1n) is 7.95. The number of nitrogens with one attached hydrogen (secondary N) is 2. The maximum atomic E-state index is 8.10. The Labute approximate surface area is 160 Å². The molecule has 0 aliphatic rings. The van der Waals surface area contributed by atoms with Crippen molar-refractivity contribution in [1.29, 1.82) is 5.41 Å². The number of anilines is 2. The third-order valence-electron chi connectivity index (χ3n) is 3.74. The molecule has 0 spiro atoms. The predicted octanol–water partition coefficient (Wildman–Crippen LogP) is 3.82. The standard InChI is InChI=1S/C18H18ClN5OS/c1-10(20)15-16(21-2)18(24-17(23-15)14-5-4-8-26-14)22-11-6-7-12(19)13(9-11)25-3/h4-9,20-21H,1-3H3,(H,22,23,24)/p+1. The number of benzene rings is 1. The van der Waals surface area contributed by atoms with E-state index in [1.165, 1.54) is 0 Å². The third kappa shape index (κ3) is 3.70. The molecule has 0 radical (unpaired) electrons. The molecule has 0 bridgehead atoms. The zero-order valence-electron chi connectivity index (χ0n) is 14.6. The van der Waals surface area contributed by atoms with E-state index >= 15 is 0 Å². The quantitative estimate of drug-likeness (QED) is 0.560. The first-order chi connectivity index (χ1) is 12.5. The second-order valence-electron chi connectivity index (χ2n) is 5.52. The Morgan fingerprint density at radius 1 is 1.31 bits per heavy atom. The number of aromatic nitrogens is 2. The molecule has 0 fully saturated rings. The van der Waals surface area contributed by atoms with Gasteiger partial charge in [0, 0.05) is 11.8 Å². The van der Waals surface area contributed by atoms with Gasteiger partial charge in [0.25, 0.3) is 0 Å². The fraction of sp³-hybridized carbons (Fsp3) is 0.167. The molecular formula is C18H19ClN5OS+. The van der Waals surface area contributed by atoms with Crippen LogP contribution in [0, 0.1) is 5.41 Å². The Bertz CT molecular complexity index is 943. The van der Waals surface area contributed by atoms with Gasteiger partial charge in [-0.1, -0.05) is 17.7 Å². The van der Waals surface area contributed by atoms with Crippen LogP contribution in [0.5, 0.6) is 5.75 Å². The lowest BCUT2D eigenvalue weighted by Gasteiger charge is -2.13. The molecule has 0 saturated carbocycles. The maximum Gasteiger partial charge on any atom is 0.200 e. The van der Waals surface area contributed by atoms with Crippen molar-refractivity contribution in [3.05, 3.63) is 46.4 Å². The molecule has 0 aliphatic heterocycles. The zero-order chi connectivity index (χ0) is 18.7. The van der Waals surface area contributed by atoms with Gasteiger partial charge in [-0.25, -0.2) is 9.97 Å². The van der Waals surface area contributed by atoms with Crippen molar-refractivity contribution in [2.75, 3.05) is 19.5 Å². The van der Waals surface area contributed by atoms with Crippen molar-refractivity contribution in [1.82, 2.24) is 9.97 Å². The van der Waals surface area contributed by atoms with Crippen molar-refractivity contribution in [2.24, 2.45) is 0 Å². The Morgan fingerprint density at radius 3 is 2.73 bits per heavy atom. The minimum Gasteiger partial charge on any atom is -0.495 e. The number of hydrogen-bond acceptors (Lipinski definition) is 6. The fourth-order valence-corrected chi connectivity index (χ4v) is 3.37. The van der Waals surface area contributed by atoms with Gasteiger partial charge in [0.15, 0.2) is 23.0 Å². The number of hydrogen-bond donors (Lipinski definition) is 3. The summed E-state index contributed by atoms with van der Waals surface area (Å²) < 4.78 is 5.28. The summed E-state index contributed by atoms with van der Waals surface area (Å²) in [5.41, 5.74) is 2.56. The molecule has 2 heterocycles. The summed E-state index contributed by atoms with van der Waals surface area (Å²) in [6.07, 6.45) is 0. The second kappa shape index (κ2) is 7.82. The van der Waals surface area contributed by atoms with Gasteiger partial charge in [-0.05, 0) is 30.5 Å². The van der Waals surface area contributed by atoms with E-state index in [1.54, 1.807) is 31.4 Å². The molecule has 1 aromatic carbocycles. The number of ether oxygens (including phenoxy) is 1. The molecular weight excluding hydrogens is 370 g/mol. The lowest BCUT2D eigenvalue weighted by Crippen LogP contribution is -2.73. The van der Waals surface area contributed by atoms with Crippen LogP contribution in [0.1, 0.15) is 12.6 Å². The van der Waals surface area contributed by atoms with Gasteiger partial charge >= 0.3 is 0 Å². The first kappa shape index (κ1) is 18.3. The molecule has 4 N–H and O–H groups in total. The fourth-order valence-electron chi connectivity index (χ4n) is 2.51. The van der Waals surface area contributed by atoms with E-state index in [9.17, 15) is 0 Å². The third-order valence-corrected chi connectivity index (χ3v) is 4.92. The number of halogens is 1. The number of quaternary nitrogens is 1. The van der Waals surface area contributed by atoms with Gasteiger partial charge in [0.1, 0.15) is 5.75 Å². The number of methoxy groups -OCH3 is 1. The largest absolute Gasteiger partial charge is 0.495 e. The SMILES string of the molecule is C[NH2+]c1c(Nc2ccc(Cl)c(OC)c2)nc(-c2cccs2)nc1C(C)=N. The van der Waals surface area contributed by atoms with Crippen LogP contribution in [-0.2, 0) is 0 Å². The van der Waals surface area contributed by atoms with Crippen LogP contribution >= 0.6 is 22.9 Å². The highest BCUT2D eigenvalue weighted by Crippen LogP contribution is 2.32. The van der Waals surface area contributed by atoms with Gasteiger partial charge < -0.3 is 20.8 Å². The summed E-state index contributed by atoms with van der Waals surface area (Å²) in [5, 5.41) is 15.8. The minimum atomic E-state index is 0.384. The van der Waals surface area contributed by atoms with Crippen LogP contribution in [-0.4, -0.2) is 29.8 Å². The smallest absolute Gasteiger partial charge is 0.200 e. The Balaban J connectivity index is 2.11. The lowest BCUT2D eigenvalue weighted by molar-refractivity contribution is -0.539. The van der Waals surface area contributed by atoms with Gasteiger partial charge in [0.05, 0.1) is 29.8 Å². The average Bonchev–Trinajstić information content (AvgIpc) is 3.17. The van der Waals surface area contributed by atoms with Gasteiger partial charge in [-0.2, -0.15) is 0 Å². The monoisotopic (exact) mass is 388 g/mol. The van der Waals surface area contributed by atoms with Gasteiger partial charge in [0.2, 0.25) is 0 Å². The normalized spacial score (nSPS) is 10.6. The van der Waals surface area contributed by atoms with E-state index < -0.39 is 0 Å². The van der Waals surface area contributed by atoms with Crippen molar-refractivity contribution in [3.63, 3.8) is 0 Å². The van der Waals surface area contributed by atoms with Crippen LogP contribution in [0.2, 0.25) is 5.02 Å². The van der Waals surface area contributed by atoms with Crippen molar-refractivity contribution in [2.45, 2.75) is 6.92 Å². The van der Waals surface area contributed by atoms with E-state index in [2.05, 4.69) is 15.3 Å². The number of nitrogens with two attached hydrogens (primary N) is 1. The molecule has 3 rings (SSSR count). The number of nitrogens with zero attached hydrogens (tertiary/aromatic N) is 2. The van der Waals surface area contributed by atoms with E-state index in [0.29, 0.717) is 33.8 Å². The van der Waals surface area contributed by atoms with Crippen molar-refractivity contribution in [3.8, 4) is 16.5 Å². The summed E-state index contributed by atoms with van der Waals surface area (Å²) in [6, 6.07) is 9.35. The van der Waals surface area contributed by atoms with Crippen LogP contribution in [0.15, 0.2) is 35.7 Å². The minimum absolute atomic E-state index is 0.384. The summed E-state index contributed by atoms with van der Waals surface area (Å²) in [4.78, 5) is 10.2.